The Hall–Kier alpha value is -2.74. The van der Waals surface area contributed by atoms with Gasteiger partial charge in [-0.1, -0.05) is 0 Å². The molecule has 0 aliphatic heterocycles. The van der Waals surface area contributed by atoms with Crippen LogP contribution in [0.3, 0.4) is 0 Å². The third kappa shape index (κ3) is 6.49. The summed E-state index contributed by atoms with van der Waals surface area (Å²) in [4.78, 5) is 11.8. The van der Waals surface area contributed by atoms with E-state index in [1.54, 1.807) is 24.3 Å². The minimum Gasteiger partial charge on any atom is -0.497 e. The fourth-order valence-electron chi connectivity index (χ4n) is 2.19. The Balaban J connectivity index is 1.99. The fraction of sp³-hybridized carbons (Fsp3) is 0.316. The van der Waals surface area contributed by atoms with Crippen LogP contribution in [0, 0.1) is 0 Å². The summed E-state index contributed by atoms with van der Waals surface area (Å²) in [6, 6.07) is 12.4. The summed E-state index contributed by atoms with van der Waals surface area (Å²) in [5.74, 6) is 0.790. The van der Waals surface area contributed by atoms with Crippen molar-refractivity contribution in [3.8, 4) is 11.5 Å². The summed E-state index contributed by atoms with van der Waals surface area (Å²) in [6.07, 6.45) is 0. The van der Waals surface area contributed by atoms with Crippen LogP contribution in [-0.2, 0) is 14.8 Å². The van der Waals surface area contributed by atoms with E-state index in [9.17, 15) is 13.2 Å². The van der Waals surface area contributed by atoms with Crippen molar-refractivity contribution in [3.63, 3.8) is 0 Å². The summed E-state index contributed by atoms with van der Waals surface area (Å²) in [7, 11) is -2.19. The molecule has 7 nitrogen and oxygen atoms in total. The molecule has 0 saturated heterocycles. The Morgan fingerprint density at radius 1 is 0.963 bits per heavy atom. The fourth-order valence-corrected chi connectivity index (χ4v) is 3.25. The van der Waals surface area contributed by atoms with Crippen LogP contribution in [0.15, 0.2) is 53.4 Å². The number of amides is 1. The molecular formula is C19H24N2O5S. The number of rotatable bonds is 7. The molecule has 0 spiro atoms. The van der Waals surface area contributed by atoms with E-state index in [1.807, 2.05) is 20.8 Å². The molecule has 146 valence electrons. The zero-order valence-electron chi connectivity index (χ0n) is 15.8. The second kappa shape index (κ2) is 8.30. The normalized spacial score (nSPS) is 11.6. The molecule has 2 aromatic carbocycles. The van der Waals surface area contributed by atoms with Crippen LogP contribution in [-0.4, -0.2) is 33.6 Å². The van der Waals surface area contributed by atoms with Crippen molar-refractivity contribution in [2.45, 2.75) is 31.2 Å². The molecule has 0 heterocycles. The van der Waals surface area contributed by atoms with Gasteiger partial charge in [0.25, 0.3) is 15.9 Å². The lowest BCUT2D eigenvalue weighted by Crippen LogP contribution is -2.43. The molecule has 1 amide bonds. The lowest BCUT2D eigenvalue weighted by atomic mass is 10.1. The molecular weight excluding hydrogens is 368 g/mol. The molecule has 0 saturated carbocycles. The van der Waals surface area contributed by atoms with E-state index in [0.29, 0.717) is 17.2 Å². The van der Waals surface area contributed by atoms with Crippen molar-refractivity contribution in [2.75, 3.05) is 18.4 Å². The number of methoxy groups -OCH3 is 1. The number of nitrogens with one attached hydrogen (secondary N) is 2. The first-order chi connectivity index (χ1) is 12.6. The van der Waals surface area contributed by atoms with Gasteiger partial charge in [-0.25, -0.2) is 8.42 Å². The second-order valence-electron chi connectivity index (χ2n) is 6.89. The van der Waals surface area contributed by atoms with Crippen LogP contribution in [0.1, 0.15) is 20.8 Å². The van der Waals surface area contributed by atoms with E-state index in [0.717, 1.165) is 0 Å². The quantitative estimate of drug-likeness (QED) is 0.756. The number of hydrogen-bond acceptors (Lipinski definition) is 5. The van der Waals surface area contributed by atoms with Gasteiger partial charge in [0.15, 0.2) is 6.61 Å². The van der Waals surface area contributed by atoms with Crippen molar-refractivity contribution < 1.29 is 22.7 Å². The number of carbonyl (C=O) groups excluding carboxylic acids is 1. The zero-order valence-corrected chi connectivity index (χ0v) is 16.6. The van der Waals surface area contributed by atoms with Crippen molar-refractivity contribution in [3.05, 3.63) is 48.5 Å². The smallest absolute Gasteiger partial charge is 0.261 e. The van der Waals surface area contributed by atoms with Crippen LogP contribution in [0.4, 0.5) is 5.69 Å². The summed E-state index contributed by atoms with van der Waals surface area (Å²) in [5, 5.41) is 2.78. The van der Waals surface area contributed by atoms with Crippen LogP contribution >= 0.6 is 0 Å². The highest BCUT2D eigenvalue weighted by Gasteiger charge is 2.16. The van der Waals surface area contributed by atoms with Gasteiger partial charge in [0.05, 0.1) is 12.0 Å². The summed E-state index contributed by atoms with van der Waals surface area (Å²) >= 11 is 0. The molecule has 0 aromatic heterocycles. The summed E-state index contributed by atoms with van der Waals surface area (Å²) < 4.78 is 37.8. The highest BCUT2D eigenvalue weighted by atomic mass is 32.2. The van der Waals surface area contributed by atoms with E-state index >= 15 is 0 Å². The van der Waals surface area contributed by atoms with E-state index in [1.165, 1.54) is 31.4 Å². The predicted octanol–water partition coefficient (Wildman–Crippen LogP) is 2.79. The van der Waals surface area contributed by atoms with Crippen molar-refractivity contribution in [1.82, 2.24) is 5.32 Å². The average Bonchev–Trinajstić information content (AvgIpc) is 2.59. The lowest BCUT2D eigenvalue weighted by molar-refractivity contribution is -0.124. The molecule has 0 aliphatic rings. The van der Waals surface area contributed by atoms with E-state index < -0.39 is 10.0 Å². The predicted molar refractivity (Wildman–Crippen MR) is 104 cm³/mol. The first-order valence-corrected chi connectivity index (χ1v) is 9.78. The molecule has 27 heavy (non-hydrogen) atoms. The van der Waals surface area contributed by atoms with Gasteiger partial charge >= 0.3 is 0 Å². The van der Waals surface area contributed by atoms with Gasteiger partial charge in [-0.15, -0.1) is 0 Å². The van der Waals surface area contributed by atoms with Crippen LogP contribution in [0.2, 0.25) is 0 Å². The third-order valence-corrected chi connectivity index (χ3v) is 4.76. The molecule has 0 aliphatic carbocycles. The highest BCUT2D eigenvalue weighted by Crippen LogP contribution is 2.21. The number of ether oxygens (including phenoxy) is 2. The minimum atomic E-state index is -3.73. The second-order valence-corrected chi connectivity index (χ2v) is 8.57. The highest BCUT2D eigenvalue weighted by molar-refractivity contribution is 7.92. The largest absolute Gasteiger partial charge is 0.497 e. The van der Waals surface area contributed by atoms with Crippen molar-refractivity contribution in [1.29, 1.82) is 0 Å². The van der Waals surface area contributed by atoms with E-state index in [2.05, 4.69) is 10.0 Å². The number of carbonyl (C=O) groups is 1. The summed E-state index contributed by atoms with van der Waals surface area (Å²) in [6.45, 7) is 5.48. The zero-order chi connectivity index (χ0) is 20.1. The molecule has 0 fully saturated rings. The van der Waals surface area contributed by atoms with Gasteiger partial charge < -0.3 is 14.8 Å². The van der Waals surface area contributed by atoms with Gasteiger partial charge in [0, 0.05) is 11.2 Å². The third-order valence-electron chi connectivity index (χ3n) is 3.36. The Bertz CT molecular complexity index is 870. The number of sulfonamides is 1. The van der Waals surface area contributed by atoms with Crippen molar-refractivity contribution >= 4 is 21.6 Å². The molecule has 8 heteroatoms. The molecule has 0 radical (unpaired) electrons. The molecule has 0 atom stereocenters. The number of anilines is 1. The van der Waals surface area contributed by atoms with Gasteiger partial charge in [0.1, 0.15) is 11.5 Å². The lowest BCUT2D eigenvalue weighted by Gasteiger charge is -2.20. The van der Waals surface area contributed by atoms with Crippen molar-refractivity contribution in [2.24, 2.45) is 0 Å². The maximum Gasteiger partial charge on any atom is 0.261 e. The molecule has 2 rings (SSSR count). The Kier molecular flexibility index (Phi) is 6.32. The van der Waals surface area contributed by atoms with Gasteiger partial charge in [-0.3, -0.25) is 9.52 Å². The minimum absolute atomic E-state index is 0.0878. The SMILES string of the molecule is COc1ccc(NS(=O)(=O)c2ccc(OCC(=O)NC(C)(C)C)cc2)cc1. The molecule has 0 bridgehead atoms. The molecule has 2 N–H and O–H groups in total. The summed E-state index contributed by atoms with van der Waals surface area (Å²) in [5.41, 5.74) is 0.0841. The van der Waals surface area contributed by atoms with E-state index in [-0.39, 0.29) is 22.9 Å². The molecule has 2 aromatic rings. The van der Waals surface area contributed by atoms with Crippen LogP contribution in [0.25, 0.3) is 0 Å². The Morgan fingerprint density at radius 2 is 1.52 bits per heavy atom. The number of hydrogen-bond donors (Lipinski definition) is 2. The standard InChI is InChI=1S/C19H24N2O5S/c1-19(2,3)20-18(22)13-26-16-9-11-17(12-10-16)27(23,24)21-14-5-7-15(25-4)8-6-14/h5-12,21H,13H2,1-4H3,(H,20,22). The van der Waals surface area contributed by atoms with Crippen LogP contribution in [0.5, 0.6) is 11.5 Å². The maximum absolute atomic E-state index is 12.4. The first kappa shape index (κ1) is 20.6. The van der Waals surface area contributed by atoms with Crippen LogP contribution < -0.4 is 19.5 Å². The number of benzene rings is 2. The first-order valence-electron chi connectivity index (χ1n) is 8.30. The van der Waals surface area contributed by atoms with Gasteiger partial charge in [0.2, 0.25) is 0 Å². The Morgan fingerprint density at radius 3 is 2.04 bits per heavy atom. The Labute approximate surface area is 159 Å². The van der Waals surface area contributed by atoms with E-state index in [4.69, 9.17) is 9.47 Å². The maximum atomic E-state index is 12.4. The monoisotopic (exact) mass is 392 g/mol. The molecule has 0 unspecified atom stereocenters. The topological polar surface area (TPSA) is 93.7 Å². The average molecular weight is 392 g/mol. The van der Waals surface area contributed by atoms with Gasteiger partial charge in [-0.2, -0.15) is 0 Å². The van der Waals surface area contributed by atoms with Gasteiger partial charge in [-0.05, 0) is 69.3 Å².